The summed E-state index contributed by atoms with van der Waals surface area (Å²) in [4.78, 5) is 14.9. The molecule has 1 amide bonds. The number of ether oxygens (including phenoxy) is 1. The van der Waals surface area contributed by atoms with Crippen molar-refractivity contribution in [1.82, 2.24) is 5.32 Å². The predicted molar refractivity (Wildman–Crippen MR) is 95.6 cm³/mol. The molecule has 0 bridgehead atoms. The lowest BCUT2D eigenvalue weighted by molar-refractivity contribution is -0.123. The highest BCUT2D eigenvalue weighted by molar-refractivity contribution is 5.83. The van der Waals surface area contributed by atoms with Gasteiger partial charge in [0.25, 0.3) is 0 Å². The summed E-state index contributed by atoms with van der Waals surface area (Å²) < 4.78 is 10.9. The van der Waals surface area contributed by atoms with E-state index >= 15 is 0 Å². The third-order valence-corrected chi connectivity index (χ3v) is 5.15. The Morgan fingerprint density at radius 3 is 2.76 bits per heavy atom. The number of carbonyl (C=O) groups is 1. The first-order valence-electron chi connectivity index (χ1n) is 8.99. The summed E-state index contributed by atoms with van der Waals surface area (Å²) in [6.45, 7) is 5.34. The molecule has 0 unspecified atom stereocenters. The summed E-state index contributed by atoms with van der Waals surface area (Å²) in [5.41, 5.74) is 2.35. The van der Waals surface area contributed by atoms with Gasteiger partial charge in [0, 0.05) is 30.6 Å². The molecular weight excluding hydrogens is 316 g/mol. The average molecular weight is 340 g/mol. The molecule has 2 fully saturated rings. The van der Waals surface area contributed by atoms with E-state index in [2.05, 4.69) is 35.3 Å². The number of amides is 1. The molecule has 1 N–H and O–H groups in total. The van der Waals surface area contributed by atoms with Crippen molar-refractivity contribution in [2.45, 2.75) is 25.3 Å². The number of morpholine rings is 1. The molecule has 1 aliphatic carbocycles. The van der Waals surface area contributed by atoms with E-state index in [0.29, 0.717) is 0 Å². The molecule has 2 heterocycles. The Morgan fingerprint density at radius 1 is 1.20 bits per heavy atom. The normalized spacial score (nSPS) is 24.0. The molecule has 5 nitrogen and oxygen atoms in total. The SMILES string of the molecule is C[C@H](NC(=O)[C@@H]1C[C@H]1c1ccco1)c1ccccc1N1CCOCC1. The lowest BCUT2D eigenvalue weighted by Crippen LogP contribution is -2.37. The first-order valence-corrected chi connectivity index (χ1v) is 8.99. The minimum absolute atomic E-state index is 0.0237. The zero-order valence-electron chi connectivity index (χ0n) is 14.5. The van der Waals surface area contributed by atoms with Gasteiger partial charge in [0.15, 0.2) is 0 Å². The molecule has 4 rings (SSSR count). The van der Waals surface area contributed by atoms with Crippen LogP contribution in [0.15, 0.2) is 47.1 Å². The van der Waals surface area contributed by atoms with Crippen LogP contribution in [0.4, 0.5) is 5.69 Å². The quantitative estimate of drug-likeness (QED) is 0.909. The van der Waals surface area contributed by atoms with Crippen molar-refractivity contribution in [3.05, 3.63) is 54.0 Å². The topological polar surface area (TPSA) is 54.7 Å². The van der Waals surface area contributed by atoms with E-state index in [1.165, 1.54) is 5.69 Å². The van der Waals surface area contributed by atoms with Gasteiger partial charge in [-0.3, -0.25) is 4.79 Å². The molecule has 1 saturated carbocycles. The van der Waals surface area contributed by atoms with Gasteiger partial charge < -0.3 is 19.4 Å². The number of hydrogen-bond donors (Lipinski definition) is 1. The van der Waals surface area contributed by atoms with E-state index in [4.69, 9.17) is 9.15 Å². The fourth-order valence-electron chi connectivity index (χ4n) is 3.65. The van der Waals surface area contributed by atoms with Gasteiger partial charge in [-0.25, -0.2) is 0 Å². The fraction of sp³-hybridized carbons (Fsp3) is 0.450. The Bertz CT molecular complexity index is 722. The number of rotatable bonds is 5. The third-order valence-electron chi connectivity index (χ3n) is 5.15. The molecule has 1 aliphatic heterocycles. The van der Waals surface area contributed by atoms with Crippen LogP contribution < -0.4 is 10.2 Å². The molecule has 1 aromatic heterocycles. The van der Waals surface area contributed by atoms with Gasteiger partial charge in [0.1, 0.15) is 5.76 Å². The van der Waals surface area contributed by atoms with Crippen LogP contribution in [0, 0.1) is 5.92 Å². The van der Waals surface area contributed by atoms with Crippen LogP contribution in [0.25, 0.3) is 0 Å². The molecule has 132 valence electrons. The second-order valence-corrected chi connectivity index (χ2v) is 6.85. The summed E-state index contributed by atoms with van der Waals surface area (Å²) >= 11 is 0. The number of carbonyl (C=O) groups excluding carboxylic acids is 1. The maximum atomic E-state index is 12.6. The summed E-state index contributed by atoms with van der Waals surface area (Å²) in [5.74, 6) is 1.30. The van der Waals surface area contributed by atoms with Crippen LogP contribution >= 0.6 is 0 Å². The molecular formula is C20H24N2O3. The smallest absolute Gasteiger partial charge is 0.224 e. The Balaban J connectivity index is 1.43. The Hall–Kier alpha value is -2.27. The standard InChI is InChI=1S/C20H24N2O3/c1-14(21-20(23)17-13-16(17)19-7-4-10-25-19)15-5-2-3-6-18(15)22-8-11-24-12-9-22/h2-7,10,14,16-17H,8-9,11-13H2,1H3,(H,21,23)/t14-,16+,17+/m0/s1. The highest BCUT2D eigenvalue weighted by Crippen LogP contribution is 2.48. The van der Waals surface area contributed by atoms with E-state index in [1.807, 2.05) is 18.2 Å². The van der Waals surface area contributed by atoms with Crippen molar-refractivity contribution in [2.75, 3.05) is 31.2 Å². The van der Waals surface area contributed by atoms with Crippen LogP contribution in [0.5, 0.6) is 0 Å². The van der Waals surface area contributed by atoms with Gasteiger partial charge in [-0.05, 0) is 37.1 Å². The van der Waals surface area contributed by atoms with E-state index in [9.17, 15) is 4.79 Å². The maximum absolute atomic E-state index is 12.6. The number of benzene rings is 1. The summed E-state index contributed by atoms with van der Waals surface area (Å²) in [6, 6.07) is 12.1. The molecule has 1 saturated heterocycles. The molecule has 3 atom stereocenters. The first-order chi connectivity index (χ1) is 12.2. The van der Waals surface area contributed by atoms with Crippen LogP contribution in [-0.4, -0.2) is 32.2 Å². The Morgan fingerprint density at radius 2 is 2.00 bits per heavy atom. The average Bonchev–Trinajstić information content (AvgIpc) is 3.28. The van der Waals surface area contributed by atoms with Crippen molar-refractivity contribution in [2.24, 2.45) is 5.92 Å². The van der Waals surface area contributed by atoms with Gasteiger partial charge in [-0.2, -0.15) is 0 Å². The minimum atomic E-state index is -0.0237. The highest BCUT2D eigenvalue weighted by atomic mass is 16.5. The van der Waals surface area contributed by atoms with Crippen LogP contribution in [0.1, 0.15) is 36.6 Å². The molecule has 0 spiro atoms. The van der Waals surface area contributed by atoms with Gasteiger partial charge in [-0.15, -0.1) is 0 Å². The predicted octanol–water partition coefficient (Wildman–Crippen LogP) is 3.10. The Kier molecular flexibility index (Phi) is 4.49. The van der Waals surface area contributed by atoms with Gasteiger partial charge in [0.2, 0.25) is 5.91 Å². The van der Waals surface area contributed by atoms with Crippen molar-refractivity contribution >= 4 is 11.6 Å². The largest absolute Gasteiger partial charge is 0.469 e. The van der Waals surface area contributed by atoms with E-state index in [1.54, 1.807) is 6.26 Å². The van der Waals surface area contributed by atoms with Gasteiger partial charge >= 0.3 is 0 Å². The first kappa shape index (κ1) is 16.2. The van der Waals surface area contributed by atoms with Crippen molar-refractivity contribution in [3.8, 4) is 0 Å². The molecule has 2 aliphatic rings. The third kappa shape index (κ3) is 3.42. The number of anilines is 1. The number of para-hydroxylation sites is 1. The summed E-state index contributed by atoms with van der Waals surface area (Å²) in [7, 11) is 0. The number of nitrogens with zero attached hydrogens (tertiary/aromatic N) is 1. The van der Waals surface area contributed by atoms with E-state index in [-0.39, 0.29) is 23.8 Å². The second kappa shape index (κ2) is 6.92. The fourth-order valence-corrected chi connectivity index (χ4v) is 3.65. The van der Waals surface area contributed by atoms with Crippen LogP contribution in [0.3, 0.4) is 0 Å². The number of hydrogen-bond acceptors (Lipinski definition) is 4. The molecule has 0 radical (unpaired) electrons. The van der Waals surface area contributed by atoms with Gasteiger partial charge in [-0.1, -0.05) is 18.2 Å². The zero-order valence-corrected chi connectivity index (χ0v) is 14.5. The highest BCUT2D eigenvalue weighted by Gasteiger charge is 2.46. The van der Waals surface area contributed by atoms with Crippen LogP contribution in [-0.2, 0) is 9.53 Å². The molecule has 2 aromatic rings. The monoisotopic (exact) mass is 340 g/mol. The lowest BCUT2D eigenvalue weighted by atomic mass is 10.0. The van der Waals surface area contributed by atoms with E-state index < -0.39 is 0 Å². The van der Waals surface area contributed by atoms with E-state index in [0.717, 1.165) is 44.0 Å². The molecule has 5 heteroatoms. The van der Waals surface area contributed by atoms with Crippen molar-refractivity contribution in [1.29, 1.82) is 0 Å². The van der Waals surface area contributed by atoms with Crippen molar-refractivity contribution in [3.63, 3.8) is 0 Å². The summed E-state index contributed by atoms with van der Waals surface area (Å²) in [5, 5.41) is 3.19. The second-order valence-electron chi connectivity index (χ2n) is 6.85. The molecule has 25 heavy (non-hydrogen) atoms. The van der Waals surface area contributed by atoms with Crippen molar-refractivity contribution < 1.29 is 13.9 Å². The summed E-state index contributed by atoms with van der Waals surface area (Å²) in [6.07, 6.45) is 2.54. The number of furan rings is 1. The van der Waals surface area contributed by atoms with Gasteiger partial charge in [0.05, 0.1) is 25.5 Å². The van der Waals surface area contributed by atoms with Crippen LogP contribution in [0.2, 0.25) is 0 Å². The molecule has 1 aromatic carbocycles. The lowest BCUT2D eigenvalue weighted by Gasteiger charge is -2.32. The minimum Gasteiger partial charge on any atom is -0.469 e. The number of nitrogens with one attached hydrogen (secondary N) is 1. The Labute approximate surface area is 148 Å². The maximum Gasteiger partial charge on any atom is 0.224 e. The zero-order chi connectivity index (χ0) is 17.2.